The number of nitrogens with two attached hydrogens (primary N) is 1. The summed E-state index contributed by atoms with van der Waals surface area (Å²) < 4.78 is 19.6. The summed E-state index contributed by atoms with van der Waals surface area (Å²) in [5.41, 5.74) is 7.76. The standard InChI is InChI=1S/C17H12ClFN6O2/c18-10-7-9(5-6-11(10)19)21-14(26)8-25-13-4-2-1-3-12(13)22-17(25)15-16(20)24-27-23-15/h1-7H,8H2,(H2,20,24)(H,21,26). The first-order valence-corrected chi connectivity index (χ1v) is 8.19. The summed E-state index contributed by atoms with van der Waals surface area (Å²) in [5.74, 6) is -0.511. The number of halogens is 2. The maximum absolute atomic E-state index is 13.3. The number of nitrogen functional groups attached to an aromatic ring is 1. The number of amides is 1. The van der Waals surface area contributed by atoms with Crippen LogP contribution in [0.1, 0.15) is 0 Å². The molecule has 0 aliphatic heterocycles. The van der Waals surface area contributed by atoms with Crippen LogP contribution in [0.25, 0.3) is 22.6 Å². The van der Waals surface area contributed by atoms with Crippen LogP contribution >= 0.6 is 11.6 Å². The summed E-state index contributed by atoms with van der Waals surface area (Å²) >= 11 is 5.75. The largest absolute Gasteiger partial charge is 0.379 e. The predicted molar refractivity (Wildman–Crippen MR) is 97.5 cm³/mol. The smallest absolute Gasteiger partial charge is 0.244 e. The van der Waals surface area contributed by atoms with Gasteiger partial charge in [-0.2, -0.15) is 0 Å². The van der Waals surface area contributed by atoms with E-state index in [1.165, 1.54) is 18.2 Å². The molecular formula is C17H12ClFN6O2. The molecule has 4 rings (SSSR count). The molecule has 2 heterocycles. The van der Waals surface area contributed by atoms with Crippen molar-refractivity contribution < 1.29 is 13.8 Å². The van der Waals surface area contributed by atoms with E-state index in [1.807, 2.05) is 18.2 Å². The molecule has 1 amide bonds. The van der Waals surface area contributed by atoms with Crippen molar-refractivity contribution in [3.05, 3.63) is 53.3 Å². The van der Waals surface area contributed by atoms with Crippen molar-refractivity contribution >= 4 is 40.0 Å². The van der Waals surface area contributed by atoms with Crippen molar-refractivity contribution in [3.8, 4) is 11.5 Å². The lowest BCUT2D eigenvalue weighted by Crippen LogP contribution is -2.19. The molecule has 27 heavy (non-hydrogen) atoms. The molecule has 0 aliphatic carbocycles. The van der Waals surface area contributed by atoms with Crippen LogP contribution in [-0.2, 0) is 11.3 Å². The monoisotopic (exact) mass is 386 g/mol. The zero-order chi connectivity index (χ0) is 19.0. The number of rotatable bonds is 4. The Morgan fingerprint density at radius 1 is 1.26 bits per heavy atom. The highest BCUT2D eigenvalue weighted by molar-refractivity contribution is 6.31. The van der Waals surface area contributed by atoms with Crippen LogP contribution < -0.4 is 11.1 Å². The second-order valence-corrected chi connectivity index (χ2v) is 6.09. The number of carbonyl (C=O) groups excluding carboxylic acids is 1. The molecule has 0 atom stereocenters. The zero-order valence-electron chi connectivity index (χ0n) is 13.7. The molecule has 10 heteroatoms. The van der Waals surface area contributed by atoms with E-state index in [0.717, 1.165) is 0 Å². The van der Waals surface area contributed by atoms with Crippen LogP contribution in [0.4, 0.5) is 15.9 Å². The number of carbonyl (C=O) groups is 1. The number of fused-ring (bicyclic) bond motifs is 1. The molecule has 0 saturated heterocycles. The molecule has 136 valence electrons. The van der Waals surface area contributed by atoms with Crippen molar-refractivity contribution in [3.63, 3.8) is 0 Å². The van der Waals surface area contributed by atoms with Crippen LogP contribution in [0, 0.1) is 5.82 Å². The molecule has 0 aliphatic rings. The molecule has 0 unspecified atom stereocenters. The molecule has 0 bridgehead atoms. The van der Waals surface area contributed by atoms with Gasteiger partial charge in [0, 0.05) is 5.69 Å². The lowest BCUT2D eigenvalue weighted by atomic mass is 10.3. The van der Waals surface area contributed by atoms with E-state index in [2.05, 4.69) is 25.2 Å². The third kappa shape index (κ3) is 3.20. The molecule has 0 saturated carbocycles. The minimum absolute atomic E-state index is 0.0669. The summed E-state index contributed by atoms with van der Waals surface area (Å²) in [6.07, 6.45) is 0. The second-order valence-electron chi connectivity index (χ2n) is 5.69. The third-order valence-corrected chi connectivity index (χ3v) is 4.17. The summed E-state index contributed by atoms with van der Waals surface area (Å²) in [6, 6.07) is 11.2. The molecule has 2 aromatic heterocycles. The maximum Gasteiger partial charge on any atom is 0.244 e. The van der Waals surface area contributed by atoms with Gasteiger partial charge in [0.1, 0.15) is 12.4 Å². The summed E-state index contributed by atoms with van der Waals surface area (Å²) in [4.78, 5) is 17.0. The molecule has 0 radical (unpaired) electrons. The Morgan fingerprint density at radius 2 is 2.07 bits per heavy atom. The van der Waals surface area contributed by atoms with Gasteiger partial charge in [-0.25, -0.2) is 14.0 Å². The first-order valence-electron chi connectivity index (χ1n) is 7.81. The fraction of sp³-hybridized carbons (Fsp3) is 0.0588. The van der Waals surface area contributed by atoms with E-state index in [-0.39, 0.29) is 29.0 Å². The average Bonchev–Trinajstić information content (AvgIpc) is 3.22. The Bertz CT molecular complexity index is 1160. The number of imidazole rings is 1. The van der Waals surface area contributed by atoms with Crippen LogP contribution in [-0.4, -0.2) is 25.8 Å². The van der Waals surface area contributed by atoms with Crippen molar-refractivity contribution in [1.82, 2.24) is 19.9 Å². The van der Waals surface area contributed by atoms with Gasteiger partial charge in [-0.15, -0.1) is 0 Å². The van der Waals surface area contributed by atoms with Gasteiger partial charge in [-0.1, -0.05) is 23.7 Å². The Balaban J connectivity index is 1.69. The van der Waals surface area contributed by atoms with Gasteiger partial charge in [0.2, 0.25) is 5.91 Å². The van der Waals surface area contributed by atoms with Crippen molar-refractivity contribution in [2.75, 3.05) is 11.1 Å². The minimum atomic E-state index is -0.563. The highest BCUT2D eigenvalue weighted by atomic mass is 35.5. The highest BCUT2D eigenvalue weighted by Crippen LogP contribution is 2.26. The molecular weight excluding hydrogens is 375 g/mol. The number of nitrogens with one attached hydrogen (secondary N) is 1. The number of nitrogens with zero attached hydrogens (tertiary/aromatic N) is 4. The Hall–Kier alpha value is -3.46. The summed E-state index contributed by atoms with van der Waals surface area (Å²) in [7, 11) is 0. The van der Waals surface area contributed by atoms with E-state index in [0.29, 0.717) is 22.5 Å². The fourth-order valence-electron chi connectivity index (χ4n) is 2.68. The Kier molecular flexibility index (Phi) is 4.21. The lowest BCUT2D eigenvalue weighted by molar-refractivity contribution is -0.116. The highest BCUT2D eigenvalue weighted by Gasteiger charge is 2.20. The third-order valence-electron chi connectivity index (χ3n) is 3.89. The van der Waals surface area contributed by atoms with Gasteiger partial charge in [0.25, 0.3) is 0 Å². The van der Waals surface area contributed by atoms with Crippen LogP contribution in [0.15, 0.2) is 47.1 Å². The van der Waals surface area contributed by atoms with E-state index in [4.69, 9.17) is 17.3 Å². The quantitative estimate of drug-likeness (QED) is 0.557. The normalized spacial score (nSPS) is 11.0. The van der Waals surface area contributed by atoms with Gasteiger partial charge in [-0.3, -0.25) is 4.79 Å². The number of hydrogen-bond donors (Lipinski definition) is 2. The lowest BCUT2D eigenvalue weighted by Gasteiger charge is -2.09. The SMILES string of the molecule is Nc1nonc1-c1nc2ccccc2n1CC(=O)Nc1ccc(F)c(Cl)c1. The molecule has 3 N–H and O–H groups in total. The molecule has 8 nitrogen and oxygen atoms in total. The van der Waals surface area contributed by atoms with Crippen LogP contribution in [0.2, 0.25) is 5.02 Å². The fourth-order valence-corrected chi connectivity index (χ4v) is 2.87. The van der Waals surface area contributed by atoms with E-state index in [1.54, 1.807) is 10.6 Å². The first-order chi connectivity index (χ1) is 13.0. The van der Waals surface area contributed by atoms with E-state index in [9.17, 15) is 9.18 Å². The minimum Gasteiger partial charge on any atom is -0.379 e. The summed E-state index contributed by atoms with van der Waals surface area (Å²) in [6.45, 7) is -0.0862. The number of benzene rings is 2. The van der Waals surface area contributed by atoms with E-state index < -0.39 is 5.82 Å². The van der Waals surface area contributed by atoms with Gasteiger partial charge in [0.15, 0.2) is 17.3 Å². The molecule has 0 fully saturated rings. The Morgan fingerprint density at radius 3 is 2.81 bits per heavy atom. The Labute approximate surface area is 156 Å². The van der Waals surface area contributed by atoms with Crippen LogP contribution in [0.5, 0.6) is 0 Å². The second kappa shape index (κ2) is 6.69. The van der Waals surface area contributed by atoms with Crippen molar-refractivity contribution in [2.45, 2.75) is 6.54 Å². The molecule has 2 aromatic carbocycles. The average molecular weight is 387 g/mol. The van der Waals surface area contributed by atoms with Gasteiger partial charge >= 0.3 is 0 Å². The summed E-state index contributed by atoms with van der Waals surface area (Å²) in [5, 5.41) is 9.92. The number of hydrogen-bond acceptors (Lipinski definition) is 6. The van der Waals surface area contributed by atoms with Gasteiger partial charge < -0.3 is 15.6 Å². The zero-order valence-corrected chi connectivity index (χ0v) is 14.4. The van der Waals surface area contributed by atoms with Crippen LogP contribution in [0.3, 0.4) is 0 Å². The topological polar surface area (TPSA) is 112 Å². The molecule has 0 spiro atoms. The maximum atomic E-state index is 13.3. The molecule has 4 aromatic rings. The number of para-hydroxylation sites is 2. The first kappa shape index (κ1) is 17.0. The van der Waals surface area contributed by atoms with Gasteiger partial charge in [-0.05, 0) is 40.6 Å². The number of aromatic nitrogens is 4. The van der Waals surface area contributed by atoms with E-state index >= 15 is 0 Å². The van der Waals surface area contributed by atoms with Crippen molar-refractivity contribution in [2.24, 2.45) is 0 Å². The number of anilines is 2. The van der Waals surface area contributed by atoms with Gasteiger partial charge in [0.05, 0.1) is 16.1 Å². The predicted octanol–water partition coefficient (Wildman–Crippen LogP) is 3.10. The van der Waals surface area contributed by atoms with Crippen molar-refractivity contribution in [1.29, 1.82) is 0 Å².